The number of aryl methyl sites for hydroxylation is 2. The Morgan fingerprint density at radius 3 is 2.24 bits per heavy atom. The summed E-state index contributed by atoms with van der Waals surface area (Å²) in [6.45, 7) is 4.95. The second kappa shape index (κ2) is 10.3. The van der Waals surface area contributed by atoms with Crippen LogP contribution in [0, 0.1) is 6.92 Å². The Labute approximate surface area is 195 Å². The second-order valence-corrected chi connectivity index (χ2v) is 8.53. The van der Waals surface area contributed by atoms with Gasteiger partial charge in [-0.3, -0.25) is 9.48 Å². The van der Waals surface area contributed by atoms with Gasteiger partial charge in [0.05, 0.1) is 6.20 Å². The van der Waals surface area contributed by atoms with Crippen molar-refractivity contribution in [2.75, 3.05) is 11.9 Å². The first-order valence-corrected chi connectivity index (χ1v) is 11.2. The predicted molar refractivity (Wildman–Crippen MR) is 134 cm³/mol. The molecule has 0 aliphatic carbocycles. The Morgan fingerprint density at radius 1 is 0.909 bits per heavy atom. The summed E-state index contributed by atoms with van der Waals surface area (Å²) < 4.78 is 1.78. The lowest BCUT2D eigenvalue weighted by atomic mass is 9.98. The first-order valence-electron chi connectivity index (χ1n) is 11.2. The number of benzene rings is 3. The van der Waals surface area contributed by atoms with Crippen LogP contribution in [0.4, 0.5) is 5.69 Å². The quantitative estimate of drug-likeness (QED) is 0.384. The van der Waals surface area contributed by atoms with Gasteiger partial charge in [0, 0.05) is 31.0 Å². The highest BCUT2D eigenvalue weighted by atomic mass is 16.2. The third kappa shape index (κ3) is 5.76. The van der Waals surface area contributed by atoms with Crippen LogP contribution in [0.5, 0.6) is 0 Å². The lowest BCUT2D eigenvalue weighted by molar-refractivity contribution is -0.118. The van der Waals surface area contributed by atoms with Gasteiger partial charge in [-0.05, 0) is 41.7 Å². The molecule has 0 spiro atoms. The lowest BCUT2D eigenvalue weighted by Gasteiger charge is -2.22. The van der Waals surface area contributed by atoms with Gasteiger partial charge in [0.2, 0.25) is 5.91 Å². The Hall–Kier alpha value is -3.70. The molecule has 1 heterocycles. The summed E-state index contributed by atoms with van der Waals surface area (Å²) in [5.74, 6) is 0.204. The van der Waals surface area contributed by atoms with Gasteiger partial charge >= 0.3 is 0 Å². The van der Waals surface area contributed by atoms with Crippen molar-refractivity contribution in [1.29, 1.82) is 0 Å². The van der Waals surface area contributed by atoms with Crippen LogP contribution in [0.3, 0.4) is 0 Å². The number of carbonyl (C=O) groups is 1. The highest BCUT2D eigenvalue weighted by molar-refractivity contribution is 5.95. The molecule has 4 rings (SSSR count). The number of nitrogens with one attached hydrogen (secondary N) is 2. The smallest absolute Gasteiger partial charge is 0.246 e. The number of hydrogen-bond acceptors (Lipinski definition) is 3. The van der Waals surface area contributed by atoms with Gasteiger partial charge in [-0.15, -0.1) is 0 Å². The van der Waals surface area contributed by atoms with Gasteiger partial charge in [0.25, 0.3) is 0 Å². The number of hydrogen-bond donors (Lipinski definition) is 2. The third-order valence-electron chi connectivity index (χ3n) is 5.86. The van der Waals surface area contributed by atoms with Crippen LogP contribution in [-0.4, -0.2) is 22.2 Å². The SMILES string of the molecule is Cc1ccc(C(C)CN[C@H](C(=O)Nc2ccc(-c3cnn(C)c3)cc2)c2ccccc2)cc1. The number of anilines is 1. The fourth-order valence-corrected chi connectivity index (χ4v) is 3.85. The largest absolute Gasteiger partial charge is 0.324 e. The van der Waals surface area contributed by atoms with E-state index >= 15 is 0 Å². The standard InChI is InChI=1S/C28H30N4O/c1-20-9-11-22(12-10-20)21(2)17-29-27(24-7-5-4-6-8-24)28(33)31-26-15-13-23(14-16-26)25-18-30-32(3)19-25/h4-16,18-19,21,27,29H,17H2,1-3H3,(H,31,33)/t21?,27-/m0/s1. The van der Waals surface area contributed by atoms with E-state index in [0.717, 1.165) is 22.4 Å². The molecule has 0 radical (unpaired) electrons. The molecule has 2 atom stereocenters. The lowest BCUT2D eigenvalue weighted by Crippen LogP contribution is -2.35. The zero-order valence-corrected chi connectivity index (χ0v) is 19.3. The highest BCUT2D eigenvalue weighted by Gasteiger charge is 2.21. The fraction of sp³-hybridized carbons (Fsp3) is 0.214. The van der Waals surface area contributed by atoms with Gasteiger partial charge in [0.15, 0.2) is 0 Å². The van der Waals surface area contributed by atoms with Crippen LogP contribution < -0.4 is 10.6 Å². The van der Waals surface area contributed by atoms with Gasteiger partial charge < -0.3 is 10.6 Å². The second-order valence-electron chi connectivity index (χ2n) is 8.53. The third-order valence-corrected chi connectivity index (χ3v) is 5.86. The number of amides is 1. The minimum Gasteiger partial charge on any atom is -0.324 e. The van der Waals surface area contributed by atoms with Crippen molar-refractivity contribution in [2.45, 2.75) is 25.8 Å². The van der Waals surface area contributed by atoms with Crippen LogP contribution in [0.15, 0.2) is 91.3 Å². The Balaban J connectivity index is 1.46. The van der Waals surface area contributed by atoms with Gasteiger partial charge in [-0.1, -0.05) is 79.2 Å². The maximum atomic E-state index is 13.3. The topological polar surface area (TPSA) is 59.0 Å². The first-order chi connectivity index (χ1) is 16.0. The summed E-state index contributed by atoms with van der Waals surface area (Å²) in [6, 6.07) is 25.8. The van der Waals surface area contributed by atoms with E-state index in [9.17, 15) is 4.79 Å². The maximum Gasteiger partial charge on any atom is 0.246 e. The minimum atomic E-state index is -0.447. The van der Waals surface area contributed by atoms with E-state index in [1.165, 1.54) is 11.1 Å². The maximum absolute atomic E-state index is 13.3. The molecule has 168 valence electrons. The molecule has 3 aromatic carbocycles. The molecule has 33 heavy (non-hydrogen) atoms. The van der Waals surface area contributed by atoms with Gasteiger partial charge in [-0.25, -0.2) is 0 Å². The Kier molecular flexibility index (Phi) is 7.01. The molecule has 1 amide bonds. The molecule has 2 N–H and O–H groups in total. The Morgan fingerprint density at radius 2 is 1.61 bits per heavy atom. The van der Waals surface area contributed by atoms with Crippen molar-refractivity contribution in [1.82, 2.24) is 15.1 Å². The van der Waals surface area contributed by atoms with E-state index in [4.69, 9.17) is 0 Å². The van der Waals surface area contributed by atoms with Gasteiger partial charge in [0.1, 0.15) is 6.04 Å². The number of rotatable bonds is 8. The number of aromatic nitrogens is 2. The van der Waals surface area contributed by atoms with Crippen molar-refractivity contribution >= 4 is 11.6 Å². The molecule has 1 unspecified atom stereocenters. The first kappa shape index (κ1) is 22.5. The van der Waals surface area contributed by atoms with Crippen LogP contribution in [0.1, 0.15) is 35.6 Å². The molecular weight excluding hydrogens is 408 g/mol. The van der Waals surface area contributed by atoms with Gasteiger partial charge in [-0.2, -0.15) is 5.10 Å². The molecule has 0 saturated carbocycles. The van der Waals surface area contributed by atoms with E-state index in [-0.39, 0.29) is 11.8 Å². The summed E-state index contributed by atoms with van der Waals surface area (Å²) in [5, 5.41) is 10.8. The minimum absolute atomic E-state index is 0.0774. The highest BCUT2D eigenvalue weighted by Crippen LogP contribution is 2.23. The zero-order chi connectivity index (χ0) is 23.2. The molecule has 0 aliphatic rings. The molecule has 5 nitrogen and oxygen atoms in total. The molecule has 1 aromatic heterocycles. The normalized spacial score (nSPS) is 12.8. The molecule has 4 aromatic rings. The average Bonchev–Trinajstić information content (AvgIpc) is 3.27. The van der Waals surface area contributed by atoms with Crippen molar-refractivity contribution in [3.05, 3.63) is 108 Å². The van der Waals surface area contributed by atoms with E-state index in [1.54, 1.807) is 4.68 Å². The van der Waals surface area contributed by atoms with Crippen molar-refractivity contribution in [2.24, 2.45) is 7.05 Å². The zero-order valence-electron chi connectivity index (χ0n) is 19.3. The van der Waals surface area contributed by atoms with Crippen LogP contribution in [-0.2, 0) is 11.8 Å². The number of nitrogens with zero attached hydrogens (tertiary/aromatic N) is 2. The molecule has 0 saturated heterocycles. The predicted octanol–water partition coefficient (Wildman–Crippen LogP) is 5.47. The van der Waals surface area contributed by atoms with E-state index in [1.807, 2.05) is 74.0 Å². The summed E-state index contributed by atoms with van der Waals surface area (Å²) in [6.07, 6.45) is 3.80. The summed E-state index contributed by atoms with van der Waals surface area (Å²) in [7, 11) is 1.90. The fourth-order valence-electron chi connectivity index (χ4n) is 3.85. The molecule has 5 heteroatoms. The Bertz CT molecular complexity index is 1180. The molecule has 0 aliphatic heterocycles. The van der Waals surface area contributed by atoms with Crippen LogP contribution in [0.2, 0.25) is 0 Å². The van der Waals surface area contributed by atoms with Crippen molar-refractivity contribution in [3.8, 4) is 11.1 Å². The van der Waals surface area contributed by atoms with Crippen molar-refractivity contribution < 1.29 is 4.79 Å². The van der Waals surface area contributed by atoms with E-state index in [0.29, 0.717) is 6.54 Å². The van der Waals surface area contributed by atoms with E-state index in [2.05, 4.69) is 53.8 Å². The molecule has 0 bridgehead atoms. The van der Waals surface area contributed by atoms with Crippen molar-refractivity contribution in [3.63, 3.8) is 0 Å². The average molecular weight is 439 g/mol. The van der Waals surface area contributed by atoms with E-state index < -0.39 is 6.04 Å². The summed E-state index contributed by atoms with van der Waals surface area (Å²) in [5.41, 5.74) is 6.32. The van der Waals surface area contributed by atoms with Crippen LogP contribution in [0.25, 0.3) is 11.1 Å². The monoisotopic (exact) mass is 438 g/mol. The molecular formula is C28H30N4O. The number of carbonyl (C=O) groups excluding carboxylic acids is 1. The van der Waals surface area contributed by atoms with Crippen LogP contribution >= 0.6 is 0 Å². The summed E-state index contributed by atoms with van der Waals surface area (Å²) in [4.78, 5) is 13.3. The molecule has 0 fully saturated rings. The summed E-state index contributed by atoms with van der Waals surface area (Å²) >= 11 is 0.